The third kappa shape index (κ3) is 6.57. The Hall–Kier alpha value is -2.86. The third-order valence-electron chi connectivity index (χ3n) is 6.28. The van der Waals surface area contributed by atoms with E-state index in [1.165, 1.54) is 0 Å². The first-order valence-corrected chi connectivity index (χ1v) is 11.8. The van der Waals surface area contributed by atoms with Crippen molar-refractivity contribution in [1.82, 2.24) is 15.5 Å². The van der Waals surface area contributed by atoms with Gasteiger partial charge in [0.25, 0.3) is 5.91 Å². The number of amides is 2. The molecule has 33 heavy (non-hydrogen) atoms. The van der Waals surface area contributed by atoms with Crippen molar-refractivity contribution in [3.05, 3.63) is 65.2 Å². The quantitative estimate of drug-likeness (QED) is 0.635. The Balaban J connectivity index is 1.60. The summed E-state index contributed by atoms with van der Waals surface area (Å²) in [6.45, 7) is 10.6. The second-order valence-corrected chi connectivity index (χ2v) is 9.80. The van der Waals surface area contributed by atoms with Crippen molar-refractivity contribution >= 4 is 11.8 Å². The molecule has 0 bridgehead atoms. The minimum absolute atomic E-state index is 0.0246. The Morgan fingerprint density at radius 3 is 2.33 bits per heavy atom. The van der Waals surface area contributed by atoms with Crippen LogP contribution in [0, 0.1) is 0 Å². The molecule has 1 aliphatic rings. The van der Waals surface area contributed by atoms with Crippen LogP contribution in [0.15, 0.2) is 48.5 Å². The molecule has 0 aromatic heterocycles. The number of nitrogens with one attached hydrogen (secondary N) is 2. The Kier molecular flexibility index (Phi) is 8.14. The van der Waals surface area contributed by atoms with E-state index >= 15 is 0 Å². The van der Waals surface area contributed by atoms with Gasteiger partial charge in [-0.3, -0.25) is 14.5 Å². The van der Waals surface area contributed by atoms with E-state index in [2.05, 4.69) is 42.4 Å². The molecule has 2 atom stereocenters. The molecule has 2 amide bonds. The summed E-state index contributed by atoms with van der Waals surface area (Å²) < 4.78 is 5.39. The number of likely N-dealkylation sites (tertiary alicyclic amines) is 1. The lowest BCUT2D eigenvalue weighted by Crippen LogP contribution is -2.47. The molecule has 2 aromatic carbocycles. The van der Waals surface area contributed by atoms with Gasteiger partial charge in [0.2, 0.25) is 5.91 Å². The molecule has 6 heteroatoms. The zero-order valence-electron chi connectivity index (χ0n) is 20.5. The molecule has 2 N–H and O–H groups in total. The predicted molar refractivity (Wildman–Crippen MR) is 132 cm³/mol. The number of rotatable bonds is 8. The number of hydrogen-bond acceptors (Lipinski definition) is 4. The van der Waals surface area contributed by atoms with Crippen LogP contribution in [-0.4, -0.2) is 49.5 Å². The van der Waals surface area contributed by atoms with Crippen LogP contribution in [0.1, 0.15) is 68.1 Å². The number of methoxy groups -OCH3 is 1. The fourth-order valence-corrected chi connectivity index (χ4v) is 4.18. The summed E-state index contributed by atoms with van der Waals surface area (Å²) in [5, 5.41) is 5.87. The number of carbonyl (C=O) groups is 2. The van der Waals surface area contributed by atoms with Gasteiger partial charge in [-0.1, -0.05) is 45.0 Å². The van der Waals surface area contributed by atoms with Gasteiger partial charge in [-0.15, -0.1) is 0 Å². The van der Waals surface area contributed by atoms with Crippen molar-refractivity contribution in [2.75, 3.05) is 26.7 Å². The highest BCUT2D eigenvalue weighted by Gasteiger charge is 2.25. The van der Waals surface area contributed by atoms with Crippen LogP contribution in [0.4, 0.5) is 0 Å². The summed E-state index contributed by atoms with van der Waals surface area (Å²) in [5.74, 6) is 0.366. The minimum Gasteiger partial charge on any atom is -0.497 e. The zero-order valence-corrected chi connectivity index (χ0v) is 20.5. The van der Waals surface area contributed by atoms with Gasteiger partial charge in [0.1, 0.15) is 11.8 Å². The average Bonchev–Trinajstić information content (AvgIpc) is 3.33. The summed E-state index contributed by atoms with van der Waals surface area (Å²) >= 11 is 0. The molecule has 3 rings (SSSR count). The van der Waals surface area contributed by atoms with Crippen molar-refractivity contribution < 1.29 is 14.3 Å². The van der Waals surface area contributed by atoms with E-state index in [0.29, 0.717) is 12.1 Å². The van der Waals surface area contributed by atoms with Gasteiger partial charge < -0.3 is 15.4 Å². The first-order valence-electron chi connectivity index (χ1n) is 11.8. The number of ether oxygens (including phenoxy) is 1. The van der Waals surface area contributed by atoms with Gasteiger partial charge >= 0.3 is 0 Å². The van der Waals surface area contributed by atoms with Crippen molar-refractivity contribution in [1.29, 1.82) is 0 Å². The van der Waals surface area contributed by atoms with Gasteiger partial charge in [0.15, 0.2) is 0 Å². The van der Waals surface area contributed by atoms with Crippen molar-refractivity contribution in [3.63, 3.8) is 0 Å². The molecule has 178 valence electrons. The molecule has 1 fully saturated rings. The fraction of sp³-hybridized carbons (Fsp3) is 0.481. The van der Waals surface area contributed by atoms with Crippen molar-refractivity contribution in [2.24, 2.45) is 0 Å². The largest absolute Gasteiger partial charge is 0.497 e. The SMILES string of the molecule is COc1cccc(C(CNC(=O)C(C)NC(=O)c2ccc(C(C)(C)C)cc2)N2CCCC2)c1. The number of carbonyl (C=O) groups excluding carboxylic acids is 2. The first-order chi connectivity index (χ1) is 15.7. The van der Waals surface area contributed by atoms with Crippen LogP contribution in [0.5, 0.6) is 5.75 Å². The molecular weight excluding hydrogens is 414 g/mol. The van der Waals surface area contributed by atoms with Crippen LogP contribution in [0.25, 0.3) is 0 Å². The first kappa shape index (κ1) is 24.8. The molecule has 0 radical (unpaired) electrons. The third-order valence-corrected chi connectivity index (χ3v) is 6.28. The van der Waals surface area contributed by atoms with Gasteiger partial charge in [-0.2, -0.15) is 0 Å². The van der Waals surface area contributed by atoms with Crippen molar-refractivity contribution in [3.8, 4) is 5.75 Å². The lowest BCUT2D eigenvalue weighted by atomic mass is 9.86. The highest BCUT2D eigenvalue weighted by Crippen LogP contribution is 2.27. The van der Waals surface area contributed by atoms with Gasteiger partial charge in [0.05, 0.1) is 13.2 Å². The second kappa shape index (κ2) is 10.8. The summed E-state index contributed by atoms with van der Waals surface area (Å²) in [4.78, 5) is 27.8. The van der Waals surface area contributed by atoms with E-state index in [9.17, 15) is 9.59 Å². The Morgan fingerprint density at radius 1 is 1.06 bits per heavy atom. The average molecular weight is 452 g/mol. The second-order valence-electron chi connectivity index (χ2n) is 9.80. The van der Waals surface area contributed by atoms with Crippen molar-refractivity contribution in [2.45, 2.75) is 58.0 Å². The van der Waals surface area contributed by atoms with Crippen LogP contribution in [-0.2, 0) is 10.2 Å². The van der Waals surface area contributed by atoms with Gasteiger partial charge in [-0.25, -0.2) is 0 Å². The van der Waals surface area contributed by atoms with E-state index in [-0.39, 0.29) is 23.3 Å². The highest BCUT2D eigenvalue weighted by molar-refractivity contribution is 5.97. The molecule has 1 heterocycles. The number of hydrogen-bond donors (Lipinski definition) is 2. The van der Waals surface area contributed by atoms with Crippen LogP contribution < -0.4 is 15.4 Å². The Labute approximate surface area is 197 Å². The molecule has 2 unspecified atom stereocenters. The zero-order chi connectivity index (χ0) is 24.0. The molecule has 1 aliphatic heterocycles. The van der Waals surface area contributed by atoms with Gasteiger partial charge in [-0.05, 0) is 73.7 Å². The summed E-state index contributed by atoms with van der Waals surface area (Å²) in [5.41, 5.74) is 2.85. The minimum atomic E-state index is -0.635. The maximum atomic E-state index is 12.8. The van der Waals surface area contributed by atoms with Crippen LogP contribution >= 0.6 is 0 Å². The normalized spacial score (nSPS) is 16.2. The monoisotopic (exact) mass is 451 g/mol. The van der Waals surface area contributed by atoms with Crippen LogP contribution in [0.3, 0.4) is 0 Å². The van der Waals surface area contributed by atoms with E-state index < -0.39 is 6.04 Å². The number of benzene rings is 2. The lowest BCUT2D eigenvalue weighted by Gasteiger charge is -2.29. The van der Waals surface area contributed by atoms with E-state index in [0.717, 1.165) is 42.8 Å². The predicted octanol–water partition coefficient (Wildman–Crippen LogP) is 4.06. The maximum Gasteiger partial charge on any atom is 0.251 e. The molecule has 1 saturated heterocycles. The lowest BCUT2D eigenvalue weighted by molar-refractivity contribution is -0.122. The summed E-state index contributed by atoms with van der Waals surface area (Å²) in [6, 6.07) is 15.0. The fourth-order valence-electron chi connectivity index (χ4n) is 4.18. The molecule has 0 aliphatic carbocycles. The molecule has 2 aromatic rings. The smallest absolute Gasteiger partial charge is 0.251 e. The Bertz CT molecular complexity index is 944. The molecular formula is C27H37N3O3. The highest BCUT2D eigenvalue weighted by atomic mass is 16.5. The summed E-state index contributed by atoms with van der Waals surface area (Å²) in [6.07, 6.45) is 2.32. The number of nitrogens with zero attached hydrogens (tertiary/aromatic N) is 1. The molecule has 0 saturated carbocycles. The summed E-state index contributed by atoms with van der Waals surface area (Å²) in [7, 11) is 1.66. The molecule has 6 nitrogen and oxygen atoms in total. The van der Waals surface area contributed by atoms with Crippen LogP contribution in [0.2, 0.25) is 0 Å². The topological polar surface area (TPSA) is 70.7 Å². The maximum absolute atomic E-state index is 12.8. The van der Waals surface area contributed by atoms with E-state index in [4.69, 9.17) is 4.74 Å². The molecule has 0 spiro atoms. The Morgan fingerprint density at radius 2 is 1.73 bits per heavy atom. The van der Waals surface area contributed by atoms with Gasteiger partial charge in [0, 0.05) is 12.1 Å². The van der Waals surface area contributed by atoms with E-state index in [1.54, 1.807) is 14.0 Å². The standard InChI is InChI=1S/C27H37N3O3/c1-19(29-26(32)20-11-13-22(14-12-20)27(2,3)4)25(31)28-18-24(30-15-6-7-16-30)21-9-8-10-23(17-21)33-5/h8-14,17,19,24H,6-7,15-16,18H2,1-5H3,(H,28,31)(H,29,32). The van der Waals surface area contributed by atoms with E-state index in [1.807, 2.05) is 42.5 Å².